The van der Waals surface area contributed by atoms with Crippen LogP contribution in [0, 0.1) is 4.91 Å². The molecule has 0 amide bonds. The van der Waals surface area contributed by atoms with Crippen LogP contribution >= 0.6 is 0 Å². The standard InChI is InChI=1S/C8H9NO2/c1-2-11-8-5-3-7(9-10)4-6-8/h3-6H,2H2,1H3. The minimum Gasteiger partial charge on any atom is -0.494 e. The van der Waals surface area contributed by atoms with E-state index in [9.17, 15) is 4.91 Å². The van der Waals surface area contributed by atoms with Crippen molar-refractivity contribution in [2.75, 3.05) is 6.61 Å². The van der Waals surface area contributed by atoms with Gasteiger partial charge in [-0.15, -0.1) is 4.91 Å². The fourth-order valence-electron chi connectivity index (χ4n) is 0.770. The first-order chi connectivity index (χ1) is 5.36. The molecule has 58 valence electrons. The Morgan fingerprint density at radius 3 is 2.45 bits per heavy atom. The van der Waals surface area contributed by atoms with Crippen LogP contribution in [0.1, 0.15) is 6.92 Å². The number of nitroso groups, excluding NO2 is 1. The van der Waals surface area contributed by atoms with Gasteiger partial charge in [-0.1, -0.05) is 0 Å². The molecule has 0 spiro atoms. The fourth-order valence-corrected chi connectivity index (χ4v) is 0.770. The van der Waals surface area contributed by atoms with E-state index in [0.29, 0.717) is 12.3 Å². The number of rotatable bonds is 3. The molecular weight excluding hydrogens is 142 g/mol. The quantitative estimate of drug-likeness (QED) is 0.622. The fraction of sp³-hybridized carbons (Fsp3) is 0.250. The number of hydrogen-bond acceptors (Lipinski definition) is 3. The summed E-state index contributed by atoms with van der Waals surface area (Å²) in [5.74, 6) is 0.764. The van der Waals surface area contributed by atoms with Crippen molar-refractivity contribution >= 4 is 5.69 Å². The highest BCUT2D eigenvalue weighted by molar-refractivity contribution is 5.40. The average Bonchev–Trinajstić information content (AvgIpc) is 2.07. The highest BCUT2D eigenvalue weighted by Gasteiger charge is 1.92. The Morgan fingerprint density at radius 2 is 2.00 bits per heavy atom. The molecule has 0 heterocycles. The smallest absolute Gasteiger partial charge is 0.119 e. The van der Waals surface area contributed by atoms with Crippen molar-refractivity contribution in [1.82, 2.24) is 0 Å². The molecule has 0 saturated carbocycles. The van der Waals surface area contributed by atoms with Gasteiger partial charge in [-0.05, 0) is 36.4 Å². The molecule has 0 N–H and O–H groups in total. The molecule has 0 radical (unpaired) electrons. The lowest BCUT2D eigenvalue weighted by Gasteiger charge is -2.00. The molecule has 0 aliphatic heterocycles. The molecule has 0 saturated heterocycles. The van der Waals surface area contributed by atoms with E-state index >= 15 is 0 Å². The molecule has 1 aromatic carbocycles. The summed E-state index contributed by atoms with van der Waals surface area (Å²) in [5, 5.41) is 2.77. The summed E-state index contributed by atoms with van der Waals surface area (Å²) in [4.78, 5) is 9.98. The predicted octanol–water partition coefficient (Wildman–Crippen LogP) is 2.48. The van der Waals surface area contributed by atoms with Gasteiger partial charge in [0.2, 0.25) is 0 Å². The van der Waals surface area contributed by atoms with E-state index in [0.717, 1.165) is 5.75 Å². The van der Waals surface area contributed by atoms with E-state index in [2.05, 4.69) is 5.18 Å². The van der Waals surface area contributed by atoms with Gasteiger partial charge in [-0.25, -0.2) is 0 Å². The van der Waals surface area contributed by atoms with E-state index in [1.807, 2.05) is 6.92 Å². The highest BCUT2D eigenvalue weighted by Crippen LogP contribution is 2.17. The van der Waals surface area contributed by atoms with Crippen LogP contribution in [0.2, 0.25) is 0 Å². The first-order valence-corrected chi connectivity index (χ1v) is 3.43. The molecule has 0 aliphatic carbocycles. The van der Waals surface area contributed by atoms with Crippen LogP contribution in [0.4, 0.5) is 5.69 Å². The van der Waals surface area contributed by atoms with Crippen LogP contribution in [-0.4, -0.2) is 6.61 Å². The zero-order valence-electron chi connectivity index (χ0n) is 6.28. The molecule has 0 bridgehead atoms. The molecule has 0 unspecified atom stereocenters. The lowest BCUT2D eigenvalue weighted by Crippen LogP contribution is -1.89. The monoisotopic (exact) mass is 151 g/mol. The Balaban J connectivity index is 2.74. The SMILES string of the molecule is CCOc1ccc(N=O)cc1. The van der Waals surface area contributed by atoms with E-state index in [1.54, 1.807) is 24.3 Å². The van der Waals surface area contributed by atoms with Crippen molar-refractivity contribution < 1.29 is 4.74 Å². The summed E-state index contributed by atoms with van der Waals surface area (Å²) in [7, 11) is 0. The Morgan fingerprint density at radius 1 is 1.36 bits per heavy atom. The average molecular weight is 151 g/mol. The van der Waals surface area contributed by atoms with E-state index < -0.39 is 0 Å². The zero-order chi connectivity index (χ0) is 8.10. The van der Waals surface area contributed by atoms with Crippen LogP contribution in [0.25, 0.3) is 0 Å². The second-order valence-corrected chi connectivity index (χ2v) is 2.02. The van der Waals surface area contributed by atoms with Crippen LogP contribution in [0.3, 0.4) is 0 Å². The minimum absolute atomic E-state index is 0.424. The topological polar surface area (TPSA) is 38.7 Å². The molecule has 0 fully saturated rings. The second-order valence-electron chi connectivity index (χ2n) is 2.02. The number of nitrogens with zero attached hydrogens (tertiary/aromatic N) is 1. The van der Waals surface area contributed by atoms with Gasteiger partial charge in [0.25, 0.3) is 0 Å². The van der Waals surface area contributed by atoms with E-state index in [1.165, 1.54) is 0 Å². The van der Waals surface area contributed by atoms with Gasteiger partial charge < -0.3 is 4.74 Å². The molecular formula is C8H9NO2. The maximum absolute atomic E-state index is 9.98. The van der Waals surface area contributed by atoms with Crippen molar-refractivity contribution in [3.63, 3.8) is 0 Å². The summed E-state index contributed by atoms with van der Waals surface area (Å²) in [6.45, 7) is 2.54. The van der Waals surface area contributed by atoms with Gasteiger partial charge in [0, 0.05) is 0 Å². The summed E-state index contributed by atoms with van der Waals surface area (Å²) >= 11 is 0. The number of hydrogen-bond donors (Lipinski definition) is 0. The largest absolute Gasteiger partial charge is 0.494 e. The Bertz CT molecular complexity index is 230. The van der Waals surface area contributed by atoms with Gasteiger partial charge in [-0.2, -0.15) is 0 Å². The Hall–Kier alpha value is -1.38. The van der Waals surface area contributed by atoms with Crippen molar-refractivity contribution in [3.8, 4) is 5.75 Å². The molecule has 3 heteroatoms. The first-order valence-electron chi connectivity index (χ1n) is 3.43. The van der Waals surface area contributed by atoms with Gasteiger partial charge in [0.15, 0.2) is 0 Å². The highest BCUT2D eigenvalue weighted by atomic mass is 16.5. The molecule has 1 aromatic rings. The molecule has 0 aromatic heterocycles. The maximum atomic E-state index is 9.98. The van der Waals surface area contributed by atoms with Crippen LogP contribution in [-0.2, 0) is 0 Å². The van der Waals surface area contributed by atoms with Crippen molar-refractivity contribution in [2.24, 2.45) is 5.18 Å². The normalized spacial score (nSPS) is 9.18. The minimum atomic E-state index is 0.424. The molecule has 3 nitrogen and oxygen atoms in total. The summed E-state index contributed by atoms with van der Waals surface area (Å²) < 4.78 is 5.16. The van der Waals surface area contributed by atoms with E-state index in [4.69, 9.17) is 4.74 Å². The maximum Gasteiger partial charge on any atom is 0.119 e. The van der Waals surface area contributed by atoms with Crippen LogP contribution in [0.15, 0.2) is 29.4 Å². The first kappa shape index (κ1) is 7.72. The molecule has 1 rings (SSSR count). The number of ether oxygens (including phenoxy) is 1. The third-order valence-corrected chi connectivity index (χ3v) is 1.25. The summed E-state index contributed by atoms with van der Waals surface area (Å²) in [5.41, 5.74) is 0.424. The predicted molar refractivity (Wildman–Crippen MR) is 43.1 cm³/mol. The third kappa shape index (κ3) is 2.04. The second kappa shape index (κ2) is 3.71. The van der Waals surface area contributed by atoms with Crippen molar-refractivity contribution in [2.45, 2.75) is 6.92 Å². The summed E-state index contributed by atoms with van der Waals surface area (Å²) in [6.07, 6.45) is 0. The lowest BCUT2D eigenvalue weighted by atomic mass is 10.3. The zero-order valence-corrected chi connectivity index (χ0v) is 6.28. The third-order valence-electron chi connectivity index (χ3n) is 1.25. The van der Waals surface area contributed by atoms with Gasteiger partial charge in [0.1, 0.15) is 11.4 Å². The van der Waals surface area contributed by atoms with Gasteiger partial charge >= 0.3 is 0 Å². The van der Waals surface area contributed by atoms with E-state index in [-0.39, 0.29) is 0 Å². The summed E-state index contributed by atoms with van der Waals surface area (Å²) in [6, 6.07) is 6.69. The Kier molecular flexibility index (Phi) is 2.60. The van der Waals surface area contributed by atoms with Crippen LogP contribution < -0.4 is 4.74 Å². The van der Waals surface area contributed by atoms with Crippen molar-refractivity contribution in [1.29, 1.82) is 0 Å². The van der Waals surface area contributed by atoms with Gasteiger partial charge in [0.05, 0.1) is 6.61 Å². The molecule has 0 atom stereocenters. The Labute approximate surface area is 65.0 Å². The molecule has 11 heavy (non-hydrogen) atoms. The van der Waals surface area contributed by atoms with Gasteiger partial charge in [-0.3, -0.25) is 0 Å². The van der Waals surface area contributed by atoms with Crippen LogP contribution in [0.5, 0.6) is 5.75 Å². The molecule has 0 aliphatic rings. The number of benzene rings is 1. The van der Waals surface area contributed by atoms with Crippen molar-refractivity contribution in [3.05, 3.63) is 29.2 Å². The lowest BCUT2D eigenvalue weighted by molar-refractivity contribution is 0.340.